The number of nitrogens with one attached hydrogen (secondary N) is 1. The molecule has 2 aromatic carbocycles. The molecule has 1 N–H and O–H groups in total. The van der Waals surface area contributed by atoms with Crippen molar-refractivity contribution in [2.75, 3.05) is 18.9 Å². The van der Waals surface area contributed by atoms with Gasteiger partial charge < -0.3 is 10.2 Å². The second kappa shape index (κ2) is 7.41. The monoisotopic (exact) mass is 434 g/mol. The van der Waals surface area contributed by atoms with Crippen LogP contribution in [-0.4, -0.2) is 30.3 Å². The molecule has 2 aromatic rings. The van der Waals surface area contributed by atoms with Crippen LogP contribution >= 0.6 is 27.5 Å². The summed E-state index contributed by atoms with van der Waals surface area (Å²) in [5.74, 6) is -0.235. The highest BCUT2D eigenvalue weighted by Gasteiger charge is 2.52. The van der Waals surface area contributed by atoms with Crippen LogP contribution in [0.4, 0.5) is 5.69 Å². The summed E-state index contributed by atoms with van der Waals surface area (Å²) in [5.41, 5.74) is 2.16. The Morgan fingerprint density at radius 3 is 2.42 bits per heavy atom. The topological polar surface area (TPSA) is 49.4 Å². The van der Waals surface area contributed by atoms with Gasteiger partial charge in [0.2, 0.25) is 11.8 Å². The second-order valence-corrected chi connectivity index (χ2v) is 8.11. The van der Waals surface area contributed by atoms with Gasteiger partial charge in [-0.2, -0.15) is 0 Å². The molecule has 3 rings (SSSR count). The summed E-state index contributed by atoms with van der Waals surface area (Å²) in [6.07, 6.45) is 1.59. The molecule has 0 spiro atoms. The van der Waals surface area contributed by atoms with Crippen LogP contribution < -0.4 is 5.32 Å². The number of amides is 2. The van der Waals surface area contributed by atoms with Gasteiger partial charge in [-0.05, 0) is 61.2 Å². The van der Waals surface area contributed by atoms with Crippen molar-refractivity contribution >= 4 is 45.0 Å². The van der Waals surface area contributed by atoms with Gasteiger partial charge in [0, 0.05) is 22.2 Å². The molecule has 2 amide bonds. The maximum Gasteiger partial charge on any atom is 0.243 e. The summed E-state index contributed by atoms with van der Waals surface area (Å²) in [6, 6.07) is 13.0. The van der Waals surface area contributed by atoms with Crippen molar-refractivity contribution in [2.45, 2.75) is 25.2 Å². The molecule has 0 atom stereocenters. The first kappa shape index (κ1) is 18.9. The highest BCUT2D eigenvalue weighted by Crippen LogP contribution is 2.49. The standard InChI is InChI=1S/C20H20BrClN2O2/c1-13-11-15(21)5-8-17(13)23-18(25)12-24(2)19(26)20(9-10-20)14-3-6-16(22)7-4-14/h3-8,11H,9-10,12H2,1-2H3,(H,23,25). The molecule has 1 fully saturated rings. The van der Waals surface area contributed by atoms with Crippen LogP contribution in [0.2, 0.25) is 5.02 Å². The zero-order chi connectivity index (χ0) is 18.9. The molecule has 0 aliphatic heterocycles. The van der Waals surface area contributed by atoms with E-state index in [1.807, 2.05) is 37.3 Å². The number of halogens is 2. The van der Waals surface area contributed by atoms with Gasteiger partial charge in [-0.3, -0.25) is 9.59 Å². The Labute approximate surface area is 166 Å². The molecule has 26 heavy (non-hydrogen) atoms. The fourth-order valence-electron chi connectivity index (χ4n) is 3.13. The van der Waals surface area contributed by atoms with Gasteiger partial charge in [0.1, 0.15) is 0 Å². The number of anilines is 1. The smallest absolute Gasteiger partial charge is 0.243 e. The maximum absolute atomic E-state index is 12.9. The molecule has 0 saturated heterocycles. The summed E-state index contributed by atoms with van der Waals surface area (Å²) < 4.78 is 0.957. The summed E-state index contributed by atoms with van der Waals surface area (Å²) >= 11 is 9.34. The fraction of sp³-hybridized carbons (Fsp3) is 0.300. The minimum atomic E-state index is -0.507. The Bertz CT molecular complexity index is 847. The molecule has 1 aliphatic rings. The minimum absolute atomic E-state index is 0.0175. The van der Waals surface area contributed by atoms with E-state index in [1.165, 1.54) is 4.90 Å². The molecular weight excluding hydrogens is 416 g/mol. The zero-order valence-electron chi connectivity index (χ0n) is 14.7. The number of carbonyl (C=O) groups excluding carboxylic acids is 2. The molecule has 0 heterocycles. The number of aryl methyl sites for hydroxylation is 1. The Kier molecular flexibility index (Phi) is 5.39. The van der Waals surface area contributed by atoms with Gasteiger partial charge in [0.05, 0.1) is 12.0 Å². The lowest BCUT2D eigenvalue weighted by Gasteiger charge is -2.23. The van der Waals surface area contributed by atoms with Crippen LogP contribution in [0.25, 0.3) is 0 Å². The molecule has 0 unspecified atom stereocenters. The summed E-state index contributed by atoms with van der Waals surface area (Å²) in [5, 5.41) is 3.52. The van der Waals surface area contributed by atoms with E-state index in [9.17, 15) is 9.59 Å². The lowest BCUT2D eigenvalue weighted by atomic mass is 9.94. The number of nitrogens with zero attached hydrogens (tertiary/aromatic N) is 1. The van der Waals surface area contributed by atoms with Gasteiger partial charge >= 0.3 is 0 Å². The van der Waals surface area contributed by atoms with Crippen molar-refractivity contribution < 1.29 is 9.59 Å². The first-order valence-electron chi connectivity index (χ1n) is 8.39. The van der Waals surface area contributed by atoms with E-state index < -0.39 is 5.41 Å². The van der Waals surface area contributed by atoms with Crippen molar-refractivity contribution in [3.63, 3.8) is 0 Å². The number of benzene rings is 2. The van der Waals surface area contributed by atoms with Crippen LogP contribution in [0.5, 0.6) is 0 Å². The summed E-state index contributed by atoms with van der Waals surface area (Å²) in [7, 11) is 1.67. The van der Waals surface area contributed by atoms with Crippen LogP contribution in [0.3, 0.4) is 0 Å². The molecule has 136 valence electrons. The van der Waals surface area contributed by atoms with E-state index in [0.717, 1.165) is 34.1 Å². The van der Waals surface area contributed by atoms with Crippen molar-refractivity contribution in [1.29, 1.82) is 0 Å². The molecular formula is C20H20BrClN2O2. The molecule has 1 saturated carbocycles. The molecule has 1 aliphatic carbocycles. The van der Waals surface area contributed by atoms with Gasteiger partial charge in [-0.25, -0.2) is 0 Å². The lowest BCUT2D eigenvalue weighted by Crippen LogP contribution is -2.41. The van der Waals surface area contributed by atoms with E-state index in [2.05, 4.69) is 21.2 Å². The van der Waals surface area contributed by atoms with Crippen molar-refractivity contribution in [2.24, 2.45) is 0 Å². The molecule has 0 bridgehead atoms. The number of hydrogen-bond acceptors (Lipinski definition) is 2. The van der Waals surface area contributed by atoms with Crippen molar-refractivity contribution in [3.05, 3.63) is 63.1 Å². The zero-order valence-corrected chi connectivity index (χ0v) is 17.0. The number of likely N-dealkylation sites (N-methyl/N-ethyl adjacent to an activating group) is 1. The van der Waals surface area contributed by atoms with Crippen LogP contribution in [0.15, 0.2) is 46.9 Å². The highest BCUT2D eigenvalue weighted by atomic mass is 79.9. The van der Waals surface area contributed by atoms with Crippen LogP contribution in [0.1, 0.15) is 24.0 Å². The largest absolute Gasteiger partial charge is 0.336 e. The van der Waals surface area contributed by atoms with Crippen molar-refractivity contribution in [3.8, 4) is 0 Å². The Hall–Kier alpha value is -1.85. The number of hydrogen-bond donors (Lipinski definition) is 1. The van der Waals surface area contributed by atoms with E-state index in [1.54, 1.807) is 19.2 Å². The lowest BCUT2D eigenvalue weighted by molar-refractivity contribution is -0.135. The first-order chi connectivity index (χ1) is 12.3. The average molecular weight is 436 g/mol. The normalized spacial score (nSPS) is 14.6. The Morgan fingerprint density at radius 1 is 1.19 bits per heavy atom. The summed E-state index contributed by atoms with van der Waals surface area (Å²) in [6.45, 7) is 1.94. The molecule has 4 nitrogen and oxygen atoms in total. The van der Waals surface area contributed by atoms with Gasteiger partial charge in [-0.1, -0.05) is 39.7 Å². The quantitative estimate of drug-likeness (QED) is 0.749. The SMILES string of the molecule is Cc1cc(Br)ccc1NC(=O)CN(C)C(=O)C1(c2ccc(Cl)cc2)CC1. The molecule has 0 aromatic heterocycles. The summed E-state index contributed by atoms with van der Waals surface area (Å²) in [4.78, 5) is 26.8. The molecule has 6 heteroatoms. The van der Waals surface area contributed by atoms with Gasteiger partial charge in [0.15, 0.2) is 0 Å². The maximum atomic E-state index is 12.9. The van der Waals surface area contributed by atoms with Gasteiger partial charge in [-0.15, -0.1) is 0 Å². The number of carbonyl (C=O) groups is 2. The number of rotatable bonds is 5. The fourth-order valence-corrected chi connectivity index (χ4v) is 3.73. The first-order valence-corrected chi connectivity index (χ1v) is 9.56. The third-order valence-electron chi connectivity index (χ3n) is 4.75. The third-order valence-corrected chi connectivity index (χ3v) is 5.49. The predicted octanol–water partition coefficient (Wildman–Crippen LogP) is 4.54. The average Bonchev–Trinajstić information content (AvgIpc) is 3.39. The Balaban J connectivity index is 1.65. The van der Waals surface area contributed by atoms with E-state index in [-0.39, 0.29) is 18.4 Å². The Morgan fingerprint density at radius 2 is 1.85 bits per heavy atom. The second-order valence-electron chi connectivity index (χ2n) is 6.76. The van der Waals surface area contributed by atoms with Crippen molar-refractivity contribution in [1.82, 2.24) is 4.90 Å². The van der Waals surface area contributed by atoms with Crippen LogP contribution in [0, 0.1) is 6.92 Å². The van der Waals surface area contributed by atoms with E-state index in [0.29, 0.717) is 5.02 Å². The molecule has 0 radical (unpaired) electrons. The minimum Gasteiger partial charge on any atom is -0.336 e. The van der Waals surface area contributed by atoms with Gasteiger partial charge in [0.25, 0.3) is 0 Å². The van der Waals surface area contributed by atoms with Crippen LogP contribution in [-0.2, 0) is 15.0 Å². The predicted molar refractivity (Wildman–Crippen MR) is 108 cm³/mol. The third kappa shape index (κ3) is 3.94. The highest BCUT2D eigenvalue weighted by molar-refractivity contribution is 9.10. The van der Waals surface area contributed by atoms with E-state index >= 15 is 0 Å². The van der Waals surface area contributed by atoms with E-state index in [4.69, 9.17) is 11.6 Å².